The van der Waals surface area contributed by atoms with Crippen LogP contribution in [-0.2, 0) is 17.8 Å². The number of hydrogen-bond acceptors (Lipinski definition) is 4. The first-order chi connectivity index (χ1) is 11.7. The van der Waals surface area contributed by atoms with Crippen molar-refractivity contribution in [1.82, 2.24) is 5.32 Å². The minimum absolute atomic E-state index is 0.176. The summed E-state index contributed by atoms with van der Waals surface area (Å²) in [5.41, 5.74) is 2.06. The molecule has 0 radical (unpaired) electrons. The fraction of sp³-hybridized carbons (Fsp3) is 0.316. The Morgan fingerprint density at radius 1 is 1.46 bits per heavy atom. The van der Waals surface area contributed by atoms with E-state index in [1.54, 1.807) is 24.5 Å². The first kappa shape index (κ1) is 16.2. The molecule has 5 heteroatoms. The molecule has 2 heterocycles. The van der Waals surface area contributed by atoms with E-state index in [4.69, 9.17) is 13.9 Å². The van der Waals surface area contributed by atoms with E-state index >= 15 is 0 Å². The van der Waals surface area contributed by atoms with Crippen molar-refractivity contribution in [1.29, 1.82) is 0 Å². The normalized spacial score (nSPS) is 16.0. The first-order valence-corrected chi connectivity index (χ1v) is 8.10. The number of furan rings is 1. The van der Waals surface area contributed by atoms with E-state index in [1.165, 1.54) is 6.08 Å². The van der Waals surface area contributed by atoms with Crippen LogP contribution in [0.25, 0.3) is 6.08 Å². The van der Waals surface area contributed by atoms with E-state index in [-0.39, 0.29) is 12.0 Å². The number of amides is 1. The standard InChI is InChI=1S/C19H21NO4/c1-3-22-17-10-14-9-13(2)24-18(14)11-15(17)12-20-19(21)7-6-16-5-4-8-23-16/h4-8,10-11,13H,3,9,12H2,1-2H3,(H,20,21)/b7-6+/t13-/m1/s1. The van der Waals surface area contributed by atoms with Gasteiger partial charge >= 0.3 is 0 Å². The molecule has 0 bridgehead atoms. The highest BCUT2D eigenvalue weighted by Crippen LogP contribution is 2.35. The second-order valence-electron chi connectivity index (χ2n) is 5.70. The highest BCUT2D eigenvalue weighted by Gasteiger charge is 2.21. The molecule has 1 aromatic heterocycles. The molecule has 0 unspecified atom stereocenters. The van der Waals surface area contributed by atoms with Gasteiger partial charge in [-0.3, -0.25) is 4.79 Å². The Balaban J connectivity index is 1.67. The van der Waals surface area contributed by atoms with Gasteiger partial charge in [0.1, 0.15) is 23.4 Å². The van der Waals surface area contributed by atoms with Crippen LogP contribution >= 0.6 is 0 Å². The first-order valence-electron chi connectivity index (χ1n) is 8.10. The van der Waals surface area contributed by atoms with Gasteiger partial charge in [-0.05, 0) is 44.2 Å². The van der Waals surface area contributed by atoms with Gasteiger partial charge in [0.2, 0.25) is 5.91 Å². The van der Waals surface area contributed by atoms with Crippen molar-refractivity contribution >= 4 is 12.0 Å². The fourth-order valence-electron chi connectivity index (χ4n) is 2.69. The average Bonchev–Trinajstić information content (AvgIpc) is 3.19. The topological polar surface area (TPSA) is 60.7 Å². The number of carbonyl (C=O) groups excluding carboxylic acids is 1. The van der Waals surface area contributed by atoms with Gasteiger partial charge in [0.25, 0.3) is 0 Å². The summed E-state index contributed by atoms with van der Waals surface area (Å²) in [5, 5.41) is 2.86. The molecular formula is C19H21NO4. The Bertz CT molecular complexity index is 734. The zero-order valence-corrected chi connectivity index (χ0v) is 13.9. The number of rotatable bonds is 6. The summed E-state index contributed by atoms with van der Waals surface area (Å²) in [7, 11) is 0. The second kappa shape index (κ2) is 7.25. The van der Waals surface area contributed by atoms with Gasteiger partial charge in [0.15, 0.2) is 0 Å². The molecular weight excluding hydrogens is 306 g/mol. The van der Waals surface area contributed by atoms with E-state index in [2.05, 4.69) is 5.32 Å². The van der Waals surface area contributed by atoms with Gasteiger partial charge in [-0.1, -0.05) is 0 Å². The van der Waals surface area contributed by atoms with Gasteiger partial charge in [-0.2, -0.15) is 0 Å². The third-order valence-electron chi connectivity index (χ3n) is 3.77. The summed E-state index contributed by atoms with van der Waals surface area (Å²) in [6.45, 7) is 4.94. The fourth-order valence-corrected chi connectivity index (χ4v) is 2.69. The van der Waals surface area contributed by atoms with E-state index in [9.17, 15) is 4.79 Å². The molecule has 0 aliphatic carbocycles. The van der Waals surface area contributed by atoms with Crippen molar-refractivity contribution < 1.29 is 18.7 Å². The molecule has 3 rings (SSSR count). The van der Waals surface area contributed by atoms with Gasteiger partial charge in [-0.25, -0.2) is 0 Å². The lowest BCUT2D eigenvalue weighted by atomic mass is 10.1. The second-order valence-corrected chi connectivity index (χ2v) is 5.70. The van der Waals surface area contributed by atoms with E-state index in [0.717, 1.165) is 29.0 Å². The lowest BCUT2D eigenvalue weighted by Crippen LogP contribution is -2.20. The minimum atomic E-state index is -0.191. The molecule has 24 heavy (non-hydrogen) atoms. The molecule has 0 fully saturated rings. The van der Waals surface area contributed by atoms with Crippen molar-refractivity contribution in [2.24, 2.45) is 0 Å². The van der Waals surface area contributed by atoms with Crippen LogP contribution < -0.4 is 14.8 Å². The van der Waals surface area contributed by atoms with Crippen molar-refractivity contribution in [3.05, 3.63) is 53.5 Å². The van der Waals surface area contributed by atoms with Crippen LogP contribution in [0, 0.1) is 0 Å². The molecule has 1 atom stereocenters. The van der Waals surface area contributed by atoms with Gasteiger partial charge in [-0.15, -0.1) is 0 Å². The smallest absolute Gasteiger partial charge is 0.244 e. The summed E-state index contributed by atoms with van der Waals surface area (Å²) in [5.74, 6) is 2.12. The van der Waals surface area contributed by atoms with Crippen molar-refractivity contribution in [2.75, 3.05) is 6.61 Å². The number of fused-ring (bicyclic) bond motifs is 1. The highest BCUT2D eigenvalue weighted by molar-refractivity contribution is 5.91. The predicted octanol–water partition coefficient (Wildman–Crippen LogP) is 3.33. The van der Waals surface area contributed by atoms with Crippen molar-refractivity contribution in [3.63, 3.8) is 0 Å². The predicted molar refractivity (Wildman–Crippen MR) is 91.0 cm³/mol. The zero-order valence-electron chi connectivity index (χ0n) is 13.9. The maximum absolute atomic E-state index is 12.0. The molecule has 0 saturated carbocycles. The molecule has 1 aliphatic rings. The van der Waals surface area contributed by atoms with E-state index in [0.29, 0.717) is 18.9 Å². The molecule has 126 valence electrons. The maximum atomic E-state index is 12.0. The zero-order chi connectivity index (χ0) is 16.9. The number of nitrogens with one attached hydrogen (secondary N) is 1. The lowest BCUT2D eigenvalue weighted by Gasteiger charge is -2.12. The molecule has 0 saturated heterocycles. The number of hydrogen-bond donors (Lipinski definition) is 1. The molecule has 1 aliphatic heterocycles. The van der Waals surface area contributed by atoms with Crippen LogP contribution in [0.15, 0.2) is 41.0 Å². The molecule has 1 amide bonds. The Morgan fingerprint density at radius 2 is 2.33 bits per heavy atom. The van der Waals surface area contributed by atoms with Crippen molar-refractivity contribution in [3.8, 4) is 11.5 Å². The summed E-state index contributed by atoms with van der Waals surface area (Å²) < 4.78 is 16.7. The van der Waals surface area contributed by atoms with E-state index < -0.39 is 0 Å². The van der Waals surface area contributed by atoms with Crippen LogP contribution in [0.5, 0.6) is 11.5 Å². The third kappa shape index (κ3) is 3.79. The minimum Gasteiger partial charge on any atom is -0.494 e. The van der Waals surface area contributed by atoms with Gasteiger partial charge < -0.3 is 19.2 Å². The molecule has 1 aromatic carbocycles. The van der Waals surface area contributed by atoms with Crippen molar-refractivity contribution in [2.45, 2.75) is 32.9 Å². The SMILES string of the molecule is CCOc1cc2c(cc1CNC(=O)/C=C/c1ccco1)O[C@H](C)C2. The Hall–Kier alpha value is -2.69. The van der Waals surface area contributed by atoms with Crippen LogP contribution in [0.1, 0.15) is 30.7 Å². The van der Waals surface area contributed by atoms with Gasteiger partial charge in [0.05, 0.1) is 12.9 Å². The highest BCUT2D eigenvalue weighted by atomic mass is 16.5. The molecule has 5 nitrogen and oxygen atoms in total. The monoisotopic (exact) mass is 327 g/mol. The molecule has 0 spiro atoms. The Morgan fingerprint density at radius 3 is 3.08 bits per heavy atom. The molecule has 1 N–H and O–H groups in total. The largest absolute Gasteiger partial charge is 0.494 e. The lowest BCUT2D eigenvalue weighted by molar-refractivity contribution is -0.116. The third-order valence-corrected chi connectivity index (χ3v) is 3.77. The maximum Gasteiger partial charge on any atom is 0.244 e. The van der Waals surface area contributed by atoms with Gasteiger partial charge in [0, 0.05) is 30.2 Å². The number of benzene rings is 1. The Labute approximate surface area is 141 Å². The number of ether oxygens (including phenoxy) is 2. The van der Waals surface area contributed by atoms with Crippen LogP contribution in [0.3, 0.4) is 0 Å². The van der Waals surface area contributed by atoms with Crippen LogP contribution in [0.2, 0.25) is 0 Å². The number of carbonyl (C=O) groups is 1. The molecule has 2 aromatic rings. The summed E-state index contributed by atoms with van der Waals surface area (Å²) in [4.78, 5) is 12.0. The van der Waals surface area contributed by atoms with Crippen LogP contribution in [0.4, 0.5) is 0 Å². The van der Waals surface area contributed by atoms with E-state index in [1.807, 2.05) is 26.0 Å². The van der Waals surface area contributed by atoms with Crippen LogP contribution in [-0.4, -0.2) is 18.6 Å². The average molecular weight is 327 g/mol. The summed E-state index contributed by atoms with van der Waals surface area (Å²) in [6, 6.07) is 7.54. The summed E-state index contributed by atoms with van der Waals surface area (Å²) in [6.07, 6.45) is 5.71. The summed E-state index contributed by atoms with van der Waals surface area (Å²) >= 11 is 0. The Kier molecular flexibility index (Phi) is 4.89. The quantitative estimate of drug-likeness (QED) is 0.827.